The predicted molar refractivity (Wildman–Crippen MR) is 89.9 cm³/mol. The van der Waals surface area contributed by atoms with Gasteiger partial charge in [-0.1, -0.05) is 17.7 Å². The largest absolute Gasteiger partial charge is 0.492 e. The number of aryl methyl sites for hydroxylation is 3. The molecule has 1 aromatic carbocycles. The predicted octanol–water partition coefficient (Wildman–Crippen LogP) is 4.60. The van der Waals surface area contributed by atoms with E-state index in [1.807, 2.05) is 0 Å². The normalized spacial score (nSPS) is 10.8. The average molecular weight is 354 g/mol. The molecular weight excluding hydrogens is 334 g/mol. The molecule has 0 bridgehead atoms. The smallest absolute Gasteiger partial charge is 0.125 e. The summed E-state index contributed by atoms with van der Waals surface area (Å²) in [6.45, 7) is 8.76. The third-order valence-electron chi connectivity index (χ3n) is 3.05. The molecule has 0 amide bonds. The van der Waals surface area contributed by atoms with Gasteiger partial charge in [0, 0.05) is 27.8 Å². The Hall–Kier alpha value is -0.840. The Labute approximate surface area is 133 Å². The summed E-state index contributed by atoms with van der Waals surface area (Å²) in [5, 5.41) is 5.50. The number of benzene rings is 1. The second kappa shape index (κ2) is 7.25. The molecule has 0 radical (unpaired) electrons. The van der Waals surface area contributed by atoms with Gasteiger partial charge in [0.1, 0.15) is 12.4 Å². The molecule has 108 valence electrons. The van der Waals surface area contributed by atoms with E-state index in [2.05, 4.69) is 65.6 Å². The van der Waals surface area contributed by atoms with Crippen molar-refractivity contribution in [1.82, 2.24) is 5.32 Å². The lowest BCUT2D eigenvalue weighted by Crippen LogP contribution is -2.20. The van der Waals surface area contributed by atoms with E-state index in [1.54, 1.807) is 11.3 Å². The molecule has 2 nitrogen and oxygen atoms in total. The van der Waals surface area contributed by atoms with Crippen LogP contribution in [0.5, 0.6) is 5.75 Å². The highest BCUT2D eigenvalue weighted by molar-refractivity contribution is 9.10. The molecule has 0 unspecified atom stereocenters. The van der Waals surface area contributed by atoms with Gasteiger partial charge in [-0.3, -0.25) is 0 Å². The van der Waals surface area contributed by atoms with Crippen LogP contribution in [0.3, 0.4) is 0 Å². The molecule has 0 aliphatic carbocycles. The van der Waals surface area contributed by atoms with Crippen molar-refractivity contribution < 1.29 is 4.74 Å². The van der Waals surface area contributed by atoms with Crippen LogP contribution in [-0.4, -0.2) is 13.2 Å². The molecule has 2 aromatic rings. The number of rotatable bonds is 6. The van der Waals surface area contributed by atoms with E-state index in [9.17, 15) is 0 Å². The van der Waals surface area contributed by atoms with Crippen LogP contribution < -0.4 is 10.1 Å². The lowest BCUT2D eigenvalue weighted by Gasteiger charge is -2.13. The van der Waals surface area contributed by atoms with E-state index in [0.717, 1.165) is 23.3 Å². The number of hydrogen-bond acceptors (Lipinski definition) is 3. The summed E-state index contributed by atoms with van der Waals surface area (Å²) in [6.07, 6.45) is 0. The molecule has 4 heteroatoms. The molecule has 0 saturated carbocycles. The molecule has 20 heavy (non-hydrogen) atoms. The summed E-state index contributed by atoms with van der Waals surface area (Å²) in [4.78, 5) is 1.33. The van der Waals surface area contributed by atoms with Gasteiger partial charge in [0.2, 0.25) is 0 Å². The highest BCUT2D eigenvalue weighted by atomic mass is 79.9. The lowest BCUT2D eigenvalue weighted by atomic mass is 10.1. The first-order valence-corrected chi connectivity index (χ1v) is 8.38. The van der Waals surface area contributed by atoms with E-state index in [0.29, 0.717) is 6.61 Å². The van der Waals surface area contributed by atoms with Gasteiger partial charge in [-0.25, -0.2) is 0 Å². The van der Waals surface area contributed by atoms with Crippen LogP contribution in [0.1, 0.15) is 21.6 Å². The van der Waals surface area contributed by atoms with Crippen LogP contribution in [0.25, 0.3) is 0 Å². The SMILES string of the molecule is Cc1cc(C)c(OCCNCc2cc(Br)cs2)c(C)c1. The minimum atomic E-state index is 0.692. The summed E-state index contributed by atoms with van der Waals surface area (Å²) in [6, 6.07) is 6.48. The van der Waals surface area contributed by atoms with E-state index in [-0.39, 0.29) is 0 Å². The lowest BCUT2D eigenvalue weighted by molar-refractivity contribution is 0.310. The van der Waals surface area contributed by atoms with Crippen molar-refractivity contribution >= 4 is 27.3 Å². The monoisotopic (exact) mass is 353 g/mol. The molecule has 0 spiro atoms. The number of thiophene rings is 1. The number of nitrogens with one attached hydrogen (secondary N) is 1. The molecular formula is C16H20BrNOS. The second-order valence-corrected chi connectivity index (χ2v) is 6.90. The zero-order chi connectivity index (χ0) is 14.5. The molecule has 1 heterocycles. The third kappa shape index (κ3) is 4.33. The van der Waals surface area contributed by atoms with Crippen LogP contribution >= 0.6 is 27.3 Å². The van der Waals surface area contributed by atoms with Crippen molar-refractivity contribution in [1.29, 1.82) is 0 Å². The topological polar surface area (TPSA) is 21.3 Å². The van der Waals surface area contributed by atoms with Gasteiger partial charge in [0.05, 0.1) is 0 Å². The molecule has 0 saturated heterocycles. The van der Waals surface area contributed by atoms with Crippen LogP contribution in [0.15, 0.2) is 28.1 Å². The van der Waals surface area contributed by atoms with Gasteiger partial charge in [-0.05, 0) is 53.9 Å². The van der Waals surface area contributed by atoms with Crippen LogP contribution in [0.4, 0.5) is 0 Å². The molecule has 1 N–H and O–H groups in total. The maximum absolute atomic E-state index is 5.90. The maximum Gasteiger partial charge on any atom is 0.125 e. The summed E-state index contributed by atoms with van der Waals surface area (Å²) in [5.74, 6) is 1.02. The average Bonchev–Trinajstić information content (AvgIpc) is 2.77. The van der Waals surface area contributed by atoms with Crippen molar-refractivity contribution in [2.24, 2.45) is 0 Å². The van der Waals surface area contributed by atoms with E-state index < -0.39 is 0 Å². The maximum atomic E-state index is 5.90. The van der Waals surface area contributed by atoms with Crippen molar-refractivity contribution in [3.63, 3.8) is 0 Å². The molecule has 0 aliphatic rings. The van der Waals surface area contributed by atoms with Crippen molar-refractivity contribution in [3.05, 3.63) is 49.6 Å². The van der Waals surface area contributed by atoms with Crippen LogP contribution in [0.2, 0.25) is 0 Å². The van der Waals surface area contributed by atoms with Gasteiger partial charge >= 0.3 is 0 Å². The van der Waals surface area contributed by atoms with E-state index >= 15 is 0 Å². The second-order valence-electron chi connectivity index (χ2n) is 4.98. The minimum Gasteiger partial charge on any atom is -0.492 e. The van der Waals surface area contributed by atoms with E-state index in [4.69, 9.17) is 4.74 Å². The minimum absolute atomic E-state index is 0.692. The quantitative estimate of drug-likeness (QED) is 0.766. The highest BCUT2D eigenvalue weighted by Gasteiger charge is 2.04. The fourth-order valence-electron chi connectivity index (χ4n) is 2.28. The summed E-state index contributed by atoms with van der Waals surface area (Å²) in [7, 11) is 0. The van der Waals surface area contributed by atoms with Crippen LogP contribution in [0, 0.1) is 20.8 Å². The Morgan fingerprint density at radius 3 is 2.45 bits per heavy atom. The number of halogens is 1. The van der Waals surface area contributed by atoms with Gasteiger partial charge in [0.25, 0.3) is 0 Å². The first kappa shape index (κ1) is 15.5. The third-order valence-corrected chi connectivity index (χ3v) is 4.75. The van der Waals surface area contributed by atoms with E-state index in [1.165, 1.54) is 21.6 Å². The van der Waals surface area contributed by atoms with Crippen LogP contribution in [-0.2, 0) is 6.54 Å². The Morgan fingerprint density at radius 1 is 1.15 bits per heavy atom. The van der Waals surface area contributed by atoms with Crippen molar-refractivity contribution in [2.75, 3.05) is 13.2 Å². The number of ether oxygens (including phenoxy) is 1. The van der Waals surface area contributed by atoms with Crippen molar-refractivity contribution in [3.8, 4) is 5.75 Å². The molecule has 0 aliphatic heterocycles. The zero-order valence-electron chi connectivity index (χ0n) is 12.1. The van der Waals surface area contributed by atoms with Crippen molar-refractivity contribution in [2.45, 2.75) is 27.3 Å². The Morgan fingerprint density at radius 2 is 1.85 bits per heavy atom. The number of hydrogen-bond donors (Lipinski definition) is 1. The summed E-state index contributed by atoms with van der Waals surface area (Å²) < 4.78 is 7.05. The molecule has 0 atom stereocenters. The Bertz CT molecular complexity index is 557. The first-order valence-electron chi connectivity index (χ1n) is 6.70. The summed E-state index contributed by atoms with van der Waals surface area (Å²) >= 11 is 5.23. The van der Waals surface area contributed by atoms with Gasteiger partial charge < -0.3 is 10.1 Å². The fourth-order valence-corrected chi connectivity index (χ4v) is 3.70. The van der Waals surface area contributed by atoms with Gasteiger partial charge in [0.15, 0.2) is 0 Å². The standard InChI is InChI=1S/C16H20BrNOS/c1-11-6-12(2)16(13(3)7-11)19-5-4-18-9-15-8-14(17)10-20-15/h6-8,10,18H,4-5,9H2,1-3H3. The molecule has 0 fully saturated rings. The Kier molecular flexibility index (Phi) is 5.64. The van der Waals surface area contributed by atoms with Gasteiger partial charge in [-0.15, -0.1) is 11.3 Å². The molecule has 2 rings (SSSR count). The van der Waals surface area contributed by atoms with Gasteiger partial charge in [-0.2, -0.15) is 0 Å². The fraction of sp³-hybridized carbons (Fsp3) is 0.375. The highest BCUT2D eigenvalue weighted by Crippen LogP contribution is 2.24. The Balaban J connectivity index is 1.76. The molecule has 1 aromatic heterocycles. The summed E-state index contributed by atoms with van der Waals surface area (Å²) in [5.41, 5.74) is 3.71. The first-order chi connectivity index (χ1) is 9.56. The zero-order valence-corrected chi connectivity index (χ0v) is 14.5.